The number of carbonyl (C=O) groups is 3. The van der Waals surface area contributed by atoms with Gasteiger partial charge in [-0.15, -0.1) is 0 Å². The third kappa shape index (κ3) is 4.25. The Kier molecular flexibility index (Phi) is 5.40. The van der Waals surface area contributed by atoms with Gasteiger partial charge < -0.3 is 20.7 Å². The van der Waals surface area contributed by atoms with Crippen LogP contribution in [0.15, 0.2) is 48.5 Å². The molecule has 0 saturated carbocycles. The number of nitrogens with zero attached hydrogens (tertiary/aromatic N) is 1. The predicted octanol–water partition coefficient (Wildman–Crippen LogP) is 1.46. The highest BCUT2D eigenvalue weighted by molar-refractivity contribution is 6.00. The molecular formula is C20H21N3O4. The van der Waals surface area contributed by atoms with Crippen molar-refractivity contribution >= 4 is 23.4 Å². The van der Waals surface area contributed by atoms with E-state index in [4.69, 9.17) is 10.5 Å². The fourth-order valence-corrected chi connectivity index (χ4v) is 3.08. The average molecular weight is 367 g/mol. The zero-order valence-corrected chi connectivity index (χ0v) is 15.0. The number of hydrogen-bond acceptors (Lipinski definition) is 4. The number of rotatable bonds is 6. The fourth-order valence-electron chi connectivity index (χ4n) is 3.08. The van der Waals surface area contributed by atoms with E-state index in [2.05, 4.69) is 5.32 Å². The van der Waals surface area contributed by atoms with Crippen LogP contribution < -0.4 is 20.7 Å². The lowest BCUT2D eigenvalue weighted by Crippen LogP contribution is -2.32. The Morgan fingerprint density at radius 2 is 2.00 bits per heavy atom. The molecule has 1 fully saturated rings. The van der Waals surface area contributed by atoms with Gasteiger partial charge in [-0.05, 0) is 29.8 Å². The standard InChI is InChI=1S/C20H21N3O4/c1-27-17-7-3-6-16(10-17)23-12-15(9-18(23)24)20(26)22-11-13-4-2-5-14(8-13)19(21)25/h2-8,10,15H,9,11-12H2,1H3,(H2,21,25)(H,22,26). The Balaban J connectivity index is 1.62. The lowest BCUT2D eigenvalue weighted by Gasteiger charge is -2.17. The van der Waals surface area contributed by atoms with E-state index in [1.54, 1.807) is 54.5 Å². The van der Waals surface area contributed by atoms with E-state index in [0.29, 0.717) is 23.5 Å². The van der Waals surface area contributed by atoms with Crippen LogP contribution in [-0.2, 0) is 16.1 Å². The van der Waals surface area contributed by atoms with E-state index in [1.165, 1.54) is 0 Å². The molecule has 0 aliphatic carbocycles. The van der Waals surface area contributed by atoms with Crippen molar-refractivity contribution < 1.29 is 19.1 Å². The molecule has 3 rings (SSSR count). The Labute approximate surface area is 157 Å². The van der Waals surface area contributed by atoms with Gasteiger partial charge >= 0.3 is 0 Å². The molecule has 140 valence electrons. The van der Waals surface area contributed by atoms with Crippen LogP contribution in [0.2, 0.25) is 0 Å². The van der Waals surface area contributed by atoms with Gasteiger partial charge in [-0.25, -0.2) is 0 Å². The molecule has 3 N–H and O–H groups in total. The summed E-state index contributed by atoms with van der Waals surface area (Å²) in [5, 5.41) is 2.83. The molecule has 2 aromatic rings. The molecule has 7 heteroatoms. The van der Waals surface area contributed by atoms with Crippen molar-refractivity contribution in [2.45, 2.75) is 13.0 Å². The van der Waals surface area contributed by atoms with Crippen molar-refractivity contribution in [3.8, 4) is 5.75 Å². The highest BCUT2D eigenvalue weighted by Gasteiger charge is 2.35. The fraction of sp³-hybridized carbons (Fsp3) is 0.250. The average Bonchev–Trinajstić information content (AvgIpc) is 3.08. The van der Waals surface area contributed by atoms with Crippen LogP contribution in [0.1, 0.15) is 22.3 Å². The van der Waals surface area contributed by atoms with Crippen LogP contribution in [0.3, 0.4) is 0 Å². The second-order valence-electron chi connectivity index (χ2n) is 6.39. The van der Waals surface area contributed by atoms with Crippen LogP contribution in [0.5, 0.6) is 5.75 Å². The highest BCUT2D eigenvalue weighted by Crippen LogP contribution is 2.28. The van der Waals surface area contributed by atoms with Gasteiger partial charge in [-0.2, -0.15) is 0 Å². The molecule has 0 spiro atoms. The lowest BCUT2D eigenvalue weighted by atomic mass is 10.1. The largest absolute Gasteiger partial charge is 0.497 e. The van der Waals surface area contributed by atoms with Crippen LogP contribution in [0.25, 0.3) is 0 Å². The van der Waals surface area contributed by atoms with Crippen LogP contribution in [-0.4, -0.2) is 31.4 Å². The van der Waals surface area contributed by atoms with Crippen molar-refractivity contribution in [1.29, 1.82) is 0 Å². The Morgan fingerprint density at radius 3 is 2.74 bits per heavy atom. The number of methoxy groups -OCH3 is 1. The second kappa shape index (κ2) is 7.90. The summed E-state index contributed by atoms with van der Waals surface area (Å²) < 4.78 is 5.19. The smallest absolute Gasteiger partial charge is 0.248 e. The molecule has 1 saturated heterocycles. The molecule has 0 radical (unpaired) electrons. The zero-order chi connectivity index (χ0) is 19.4. The number of amides is 3. The van der Waals surface area contributed by atoms with Crippen LogP contribution in [0, 0.1) is 5.92 Å². The molecule has 1 unspecified atom stereocenters. The molecule has 0 bridgehead atoms. The van der Waals surface area contributed by atoms with Crippen molar-refractivity contribution in [3.05, 3.63) is 59.7 Å². The minimum Gasteiger partial charge on any atom is -0.497 e. The molecule has 7 nitrogen and oxygen atoms in total. The summed E-state index contributed by atoms with van der Waals surface area (Å²) >= 11 is 0. The number of benzene rings is 2. The maximum Gasteiger partial charge on any atom is 0.248 e. The van der Waals surface area contributed by atoms with Crippen LogP contribution >= 0.6 is 0 Å². The van der Waals surface area contributed by atoms with E-state index in [0.717, 1.165) is 5.56 Å². The number of nitrogens with one attached hydrogen (secondary N) is 1. The molecule has 2 aromatic carbocycles. The topological polar surface area (TPSA) is 102 Å². The normalized spacial score (nSPS) is 16.3. The summed E-state index contributed by atoms with van der Waals surface area (Å²) in [6, 6.07) is 14.0. The van der Waals surface area contributed by atoms with E-state index >= 15 is 0 Å². The molecular weight excluding hydrogens is 346 g/mol. The summed E-state index contributed by atoms with van der Waals surface area (Å²) in [7, 11) is 1.56. The van der Waals surface area contributed by atoms with Gasteiger partial charge in [0.25, 0.3) is 0 Å². The van der Waals surface area contributed by atoms with Crippen molar-refractivity contribution in [1.82, 2.24) is 5.32 Å². The maximum atomic E-state index is 12.5. The number of nitrogens with two attached hydrogens (primary N) is 1. The van der Waals surface area contributed by atoms with E-state index in [-0.39, 0.29) is 24.8 Å². The Bertz CT molecular complexity index is 881. The minimum absolute atomic E-state index is 0.0980. The molecule has 27 heavy (non-hydrogen) atoms. The minimum atomic E-state index is -0.515. The Hall–Kier alpha value is -3.35. The van der Waals surface area contributed by atoms with E-state index in [9.17, 15) is 14.4 Å². The lowest BCUT2D eigenvalue weighted by molar-refractivity contribution is -0.126. The molecule has 1 atom stereocenters. The highest BCUT2D eigenvalue weighted by atomic mass is 16.5. The predicted molar refractivity (Wildman–Crippen MR) is 100 cm³/mol. The summed E-state index contributed by atoms with van der Waals surface area (Å²) in [6.45, 7) is 0.586. The first kappa shape index (κ1) is 18.4. The zero-order valence-electron chi connectivity index (χ0n) is 15.0. The van der Waals surface area contributed by atoms with Gasteiger partial charge in [0.1, 0.15) is 5.75 Å². The Morgan fingerprint density at radius 1 is 1.22 bits per heavy atom. The van der Waals surface area contributed by atoms with Gasteiger partial charge in [0.15, 0.2) is 0 Å². The number of primary amides is 1. The summed E-state index contributed by atoms with van der Waals surface area (Å²) in [5.74, 6) is -0.582. The first-order valence-electron chi connectivity index (χ1n) is 8.59. The second-order valence-corrected chi connectivity index (χ2v) is 6.39. The number of ether oxygens (including phenoxy) is 1. The monoisotopic (exact) mass is 367 g/mol. The first-order chi connectivity index (χ1) is 13.0. The first-order valence-corrected chi connectivity index (χ1v) is 8.59. The van der Waals surface area contributed by atoms with Gasteiger partial charge in [-0.1, -0.05) is 18.2 Å². The van der Waals surface area contributed by atoms with E-state index < -0.39 is 11.8 Å². The maximum absolute atomic E-state index is 12.5. The quantitative estimate of drug-likeness (QED) is 0.807. The summed E-state index contributed by atoms with van der Waals surface area (Å²) in [6.07, 6.45) is 0.157. The molecule has 1 aliphatic rings. The van der Waals surface area contributed by atoms with Crippen molar-refractivity contribution in [2.24, 2.45) is 11.7 Å². The SMILES string of the molecule is COc1cccc(N2CC(C(=O)NCc3cccc(C(N)=O)c3)CC2=O)c1. The molecule has 1 heterocycles. The molecule has 3 amide bonds. The van der Waals surface area contributed by atoms with Gasteiger partial charge in [0.2, 0.25) is 17.7 Å². The van der Waals surface area contributed by atoms with E-state index in [1.807, 2.05) is 6.07 Å². The van der Waals surface area contributed by atoms with Crippen molar-refractivity contribution in [2.75, 3.05) is 18.6 Å². The van der Waals surface area contributed by atoms with Gasteiger partial charge in [0.05, 0.1) is 13.0 Å². The summed E-state index contributed by atoms with van der Waals surface area (Å²) in [4.78, 5) is 37.6. The summed E-state index contributed by atoms with van der Waals surface area (Å²) in [5.41, 5.74) is 7.14. The van der Waals surface area contributed by atoms with Crippen molar-refractivity contribution in [3.63, 3.8) is 0 Å². The van der Waals surface area contributed by atoms with Gasteiger partial charge in [-0.3, -0.25) is 14.4 Å². The molecule has 1 aliphatic heterocycles. The number of anilines is 1. The van der Waals surface area contributed by atoms with Gasteiger partial charge in [0, 0.05) is 36.8 Å². The number of carbonyl (C=O) groups excluding carboxylic acids is 3. The van der Waals surface area contributed by atoms with Crippen LogP contribution in [0.4, 0.5) is 5.69 Å². The third-order valence-corrected chi connectivity index (χ3v) is 4.54. The number of hydrogen-bond donors (Lipinski definition) is 2. The molecule has 0 aromatic heterocycles. The third-order valence-electron chi connectivity index (χ3n) is 4.54.